The van der Waals surface area contributed by atoms with Crippen molar-refractivity contribution in [2.75, 3.05) is 6.54 Å². The van der Waals surface area contributed by atoms with Gasteiger partial charge in [0.05, 0.1) is 18.0 Å². The molecule has 0 radical (unpaired) electrons. The molecule has 1 aliphatic rings. The molecule has 118 valence electrons. The number of nitrogens with zero attached hydrogens (tertiary/aromatic N) is 2. The van der Waals surface area contributed by atoms with Crippen LogP contribution in [0.2, 0.25) is 0 Å². The molecule has 0 saturated carbocycles. The van der Waals surface area contributed by atoms with Crippen LogP contribution in [0.5, 0.6) is 0 Å². The lowest BCUT2D eigenvalue weighted by molar-refractivity contribution is -0.131. The fourth-order valence-corrected chi connectivity index (χ4v) is 3.04. The van der Waals surface area contributed by atoms with Crippen LogP contribution >= 0.6 is 0 Å². The summed E-state index contributed by atoms with van der Waals surface area (Å²) in [6, 6.07) is 11.2. The Balaban J connectivity index is 1.78. The molecule has 3 rings (SSSR count). The summed E-state index contributed by atoms with van der Waals surface area (Å²) >= 11 is 0. The van der Waals surface area contributed by atoms with Gasteiger partial charge in [0.25, 0.3) is 0 Å². The molecule has 0 spiro atoms. The van der Waals surface area contributed by atoms with Crippen LogP contribution in [-0.4, -0.2) is 33.4 Å². The van der Waals surface area contributed by atoms with Gasteiger partial charge >= 0.3 is 5.97 Å². The molecule has 0 aliphatic carbocycles. The summed E-state index contributed by atoms with van der Waals surface area (Å²) in [5, 5.41) is 9.10. The zero-order chi connectivity index (χ0) is 16.2. The number of hydrogen-bond acceptors (Lipinski definition) is 3. The molecule has 1 aliphatic heterocycles. The smallest absolute Gasteiger partial charge is 0.337 e. The van der Waals surface area contributed by atoms with Crippen molar-refractivity contribution in [2.24, 2.45) is 0 Å². The molecule has 1 aromatic carbocycles. The first-order chi connectivity index (χ1) is 11.1. The minimum Gasteiger partial charge on any atom is -0.478 e. The predicted octanol–water partition coefficient (Wildman–Crippen LogP) is 2.69. The SMILES string of the molecule is O=C(O)c1cncc(C2CCCN2C(=O)Cc2ccccc2)c1. The van der Waals surface area contributed by atoms with E-state index >= 15 is 0 Å². The van der Waals surface area contributed by atoms with Gasteiger partial charge in [-0.05, 0) is 30.0 Å². The number of pyridine rings is 1. The molecule has 23 heavy (non-hydrogen) atoms. The van der Waals surface area contributed by atoms with Crippen LogP contribution in [0.1, 0.15) is 40.4 Å². The van der Waals surface area contributed by atoms with E-state index in [0.29, 0.717) is 13.0 Å². The maximum Gasteiger partial charge on any atom is 0.337 e. The zero-order valence-corrected chi connectivity index (χ0v) is 12.7. The molecule has 1 unspecified atom stereocenters. The van der Waals surface area contributed by atoms with Crippen LogP contribution in [-0.2, 0) is 11.2 Å². The van der Waals surface area contributed by atoms with E-state index in [9.17, 15) is 9.59 Å². The average Bonchev–Trinajstić information content (AvgIpc) is 3.05. The van der Waals surface area contributed by atoms with Gasteiger partial charge in [0.2, 0.25) is 5.91 Å². The molecule has 1 fully saturated rings. The van der Waals surface area contributed by atoms with Crippen molar-refractivity contribution in [1.82, 2.24) is 9.88 Å². The second-order valence-corrected chi connectivity index (χ2v) is 5.72. The molecule has 1 amide bonds. The molecular weight excluding hydrogens is 292 g/mol. The number of likely N-dealkylation sites (tertiary alicyclic amines) is 1. The topological polar surface area (TPSA) is 70.5 Å². The molecule has 5 nitrogen and oxygen atoms in total. The lowest BCUT2D eigenvalue weighted by atomic mass is 10.0. The molecule has 1 atom stereocenters. The van der Waals surface area contributed by atoms with Gasteiger partial charge in [0.1, 0.15) is 0 Å². The molecule has 5 heteroatoms. The van der Waals surface area contributed by atoms with E-state index in [1.165, 1.54) is 6.20 Å². The minimum atomic E-state index is -1.00. The van der Waals surface area contributed by atoms with Crippen molar-refractivity contribution < 1.29 is 14.7 Å². The number of carboxylic acid groups (broad SMARTS) is 1. The fourth-order valence-electron chi connectivity index (χ4n) is 3.04. The number of rotatable bonds is 4. The standard InChI is InChI=1S/C18H18N2O3/c21-17(9-13-5-2-1-3-6-13)20-8-4-7-16(20)14-10-15(18(22)23)12-19-11-14/h1-3,5-6,10-12,16H,4,7-9H2,(H,22,23). The highest BCUT2D eigenvalue weighted by molar-refractivity contribution is 5.87. The number of hydrogen-bond donors (Lipinski definition) is 1. The highest BCUT2D eigenvalue weighted by Gasteiger charge is 2.30. The van der Waals surface area contributed by atoms with Crippen molar-refractivity contribution in [3.8, 4) is 0 Å². The van der Waals surface area contributed by atoms with Crippen molar-refractivity contribution in [1.29, 1.82) is 0 Å². The van der Waals surface area contributed by atoms with E-state index in [1.807, 2.05) is 35.2 Å². The van der Waals surface area contributed by atoms with Gasteiger partial charge in [0, 0.05) is 18.9 Å². The normalized spacial score (nSPS) is 17.2. The van der Waals surface area contributed by atoms with Gasteiger partial charge < -0.3 is 10.0 Å². The molecule has 1 N–H and O–H groups in total. The van der Waals surface area contributed by atoms with Crippen molar-refractivity contribution >= 4 is 11.9 Å². The Morgan fingerprint density at radius 3 is 2.74 bits per heavy atom. The largest absolute Gasteiger partial charge is 0.478 e. The Morgan fingerprint density at radius 2 is 2.00 bits per heavy atom. The lowest BCUT2D eigenvalue weighted by Crippen LogP contribution is -2.32. The van der Waals surface area contributed by atoms with Gasteiger partial charge in [-0.1, -0.05) is 30.3 Å². The minimum absolute atomic E-state index is 0.0689. The number of carbonyl (C=O) groups excluding carboxylic acids is 1. The summed E-state index contributed by atoms with van der Waals surface area (Å²) in [4.78, 5) is 29.6. The van der Waals surface area contributed by atoms with E-state index in [4.69, 9.17) is 5.11 Å². The van der Waals surface area contributed by atoms with Crippen molar-refractivity contribution in [3.05, 3.63) is 65.5 Å². The van der Waals surface area contributed by atoms with E-state index in [-0.39, 0.29) is 17.5 Å². The Labute approximate surface area is 134 Å². The maximum absolute atomic E-state index is 12.6. The number of carbonyl (C=O) groups is 2. The monoisotopic (exact) mass is 310 g/mol. The van der Waals surface area contributed by atoms with Gasteiger partial charge in [-0.2, -0.15) is 0 Å². The number of aromatic nitrogens is 1. The molecule has 1 saturated heterocycles. The first-order valence-electron chi connectivity index (χ1n) is 7.67. The van der Waals surface area contributed by atoms with Crippen LogP contribution < -0.4 is 0 Å². The molecule has 0 bridgehead atoms. The number of aromatic carboxylic acids is 1. The first kappa shape index (κ1) is 15.2. The van der Waals surface area contributed by atoms with E-state index < -0.39 is 5.97 Å². The van der Waals surface area contributed by atoms with Crippen molar-refractivity contribution in [2.45, 2.75) is 25.3 Å². The van der Waals surface area contributed by atoms with Crippen LogP contribution in [0.3, 0.4) is 0 Å². The third kappa shape index (κ3) is 3.39. The third-order valence-electron chi connectivity index (χ3n) is 4.16. The Hall–Kier alpha value is -2.69. The summed E-state index contributed by atoms with van der Waals surface area (Å²) in [5.74, 6) is -0.932. The molecule has 1 aromatic heterocycles. The van der Waals surface area contributed by atoms with Gasteiger partial charge in [-0.3, -0.25) is 9.78 Å². The van der Waals surface area contributed by atoms with Crippen LogP contribution in [0.25, 0.3) is 0 Å². The number of benzene rings is 1. The quantitative estimate of drug-likeness (QED) is 0.942. The predicted molar refractivity (Wildman–Crippen MR) is 85.0 cm³/mol. The van der Waals surface area contributed by atoms with E-state index in [0.717, 1.165) is 24.0 Å². The number of carboxylic acids is 1. The zero-order valence-electron chi connectivity index (χ0n) is 12.7. The molecule has 2 aromatic rings. The second-order valence-electron chi connectivity index (χ2n) is 5.72. The average molecular weight is 310 g/mol. The van der Waals surface area contributed by atoms with Gasteiger partial charge in [-0.25, -0.2) is 4.79 Å². The fraction of sp³-hybridized carbons (Fsp3) is 0.278. The summed E-state index contributed by atoms with van der Waals surface area (Å²) < 4.78 is 0. The molecule has 2 heterocycles. The summed E-state index contributed by atoms with van der Waals surface area (Å²) in [5.41, 5.74) is 1.94. The number of amides is 1. The summed E-state index contributed by atoms with van der Waals surface area (Å²) in [6.45, 7) is 0.702. The second kappa shape index (κ2) is 6.60. The Morgan fingerprint density at radius 1 is 1.22 bits per heavy atom. The molecular formula is C18H18N2O3. The highest BCUT2D eigenvalue weighted by Crippen LogP contribution is 2.32. The lowest BCUT2D eigenvalue weighted by Gasteiger charge is -2.25. The summed E-state index contributed by atoms with van der Waals surface area (Å²) in [7, 11) is 0. The van der Waals surface area contributed by atoms with Crippen LogP contribution in [0, 0.1) is 0 Å². The van der Waals surface area contributed by atoms with Gasteiger partial charge in [0.15, 0.2) is 0 Å². The van der Waals surface area contributed by atoms with E-state index in [2.05, 4.69) is 4.98 Å². The maximum atomic E-state index is 12.6. The Kier molecular flexibility index (Phi) is 4.37. The van der Waals surface area contributed by atoms with Crippen LogP contribution in [0.15, 0.2) is 48.8 Å². The van der Waals surface area contributed by atoms with Gasteiger partial charge in [-0.15, -0.1) is 0 Å². The third-order valence-corrected chi connectivity index (χ3v) is 4.16. The van der Waals surface area contributed by atoms with E-state index in [1.54, 1.807) is 12.3 Å². The Bertz CT molecular complexity index is 715. The van der Waals surface area contributed by atoms with Crippen molar-refractivity contribution in [3.63, 3.8) is 0 Å². The highest BCUT2D eigenvalue weighted by atomic mass is 16.4. The van der Waals surface area contributed by atoms with Crippen LogP contribution in [0.4, 0.5) is 0 Å². The summed E-state index contributed by atoms with van der Waals surface area (Å²) in [6.07, 6.45) is 5.11. The first-order valence-corrected chi connectivity index (χ1v) is 7.67.